The lowest BCUT2D eigenvalue weighted by Crippen LogP contribution is -2.39. The maximum absolute atomic E-state index is 13.3. The molecule has 2 N–H and O–H groups in total. The molecule has 1 unspecified atom stereocenters. The van der Waals surface area contributed by atoms with Crippen molar-refractivity contribution in [1.29, 1.82) is 0 Å². The van der Waals surface area contributed by atoms with Crippen LogP contribution >= 0.6 is 35.3 Å². The number of aromatic nitrogens is 1. The average Bonchev–Trinajstić information content (AvgIpc) is 2.91. The number of hydrogen-bond acceptors (Lipinski definition) is 3. The average molecular weight is 494 g/mol. The number of nitrogens with one attached hydrogen (secondary N) is 2. The summed E-state index contributed by atoms with van der Waals surface area (Å²) in [5.41, 5.74) is 1.83. The molecule has 2 aromatic rings. The summed E-state index contributed by atoms with van der Waals surface area (Å²) >= 11 is 1.71. The summed E-state index contributed by atoms with van der Waals surface area (Å²) in [5, 5.41) is 7.56. The summed E-state index contributed by atoms with van der Waals surface area (Å²) in [6.45, 7) is 7.34. The second-order valence-corrected chi connectivity index (χ2v) is 7.24. The van der Waals surface area contributed by atoms with Crippen molar-refractivity contribution in [2.24, 2.45) is 4.99 Å². The molecule has 1 atom stereocenters. The van der Waals surface area contributed by atoms with E-state index < -0.39 is 11.6 Å². The van der Waals surface area contributed by atoms with E-state index in [0.717, 1.165) is 35.3 Å². The van der Waals surface area contributed by atoms with Crippen molar-refractivity contribution in [3.63, 3.8) is 0 Å². The van der Waals surface area contributed by atoms with Crippen molar-refractivity contribution in [1.82, 2.24) is 15.6 Å². The minimum absolute atomic E-state index is 0. The van der Waals surface area contributed by atoms with Crippen molar-refractivity contribution >= 4 is 41.3 Å². The molecule has 4 nitrogen and oxygen atoms in total. The normalized spacial score (nSPS) is 12.5. The van der Waals surface area contributed by atoms with Gasteiger partial charge in [-0.2, -0.15) is 0 Å². The van der Waals surface area contributed by atoms with Gasteiger partial charge in [0.05, 0.1) is 10.7 Å². The van der Waals surface area contributed by atoms with Gasteiger partial charge in [0, 0.05) is 31.4 Å². The summed E-state index contributed by atoms with van der Waals surface area (Å²) in [5.74, 6) is -0.938. The van der Waals surface area contributed by atoms with Crippen LogP contribution in [0.1, 0.15) is 34.0 Å². The van der Waals surface area contributed by atoms with Gasteiger partial charge in [-0.3, -0.25) is 4.99 Å². The van der Waals surface area contributed by atoms with Crippen LogP contribution < -0.4 is 10.6 Å². The second kappa shape index (κ2) is 10.8. The number of rotatable bonds is 6. The van der Waals surface area contributed by atoms with Crippen LogP contribution in [0.15, 0.2) is 23.2 Å². The maximum atomic E-state index is 13.3. The van der Waals surface area contributed by atoms with Gasteiger partial charge in [0.1, 0.15) is 0 Å². The Morgan fingerprint density at radius 2 is 1.96 bits per heavy atom. The molecule has 0 spiro atoms. The molecule has 0 amide bonds. The lowest BCUT2D eigenvalue weighted by atomic mass is 10.0. The maximum Gasteiger partial charge on any atom is 0.191 e. The fourth-order valence-corrected chi connectivity index (χ4v) is 3.27. The van der Waals surface area contributed by atoms with Crippen LogP contribution in [0.25, 0.3) is 0 Å². The smallest absolute Gasteiger partial charge is 0.191 e. The number of aliphatic imine (C=N–C) groups is 1. The third-order valence-corrected chi connectivity index (χ3v) is 5.15. The number of halogens is 3. The Kier molecular flexibility index (Phi) is 9.42. The molecule has 2 rings (SSSR count). The zero-order valence-corrected chi connectivity index (χ0v) is 18.5. The summed E-state index contributed by atoms with van der Waals surface area (Å²) in [7, 11) is 1.70. The highest BCUT2D eigenvalue weighted by Gasteiger charge is 2.10. The number of thiazole rings is 1. The van der Waals surface area contributed by atoms with Gasteiger partial charge >= 0.3 is 0 Å². The van der Waals surface area contributed by atoms with Gasteiger partial charge in [-0.15, -0.1) is 35.3 Å². The van der Waals surface area contributed by atoms with E-state index in [0.29, 0.717) is 12.5 Å². The van der Waals surface area contributed by atoms with Gasteiger partial charge in [0.2, 0.25) is 0 Å². The second-order valence-electron chi connectivity index (χ2n) is 5.95. The van der Waals surface area contributed by atoms with E-state index >= 15 is 0 Å². The standard InChI is InChI=1S/C18H24F2N4S.HI/c1-11(14-5-6-15(19)16(20)9-14)10-23-18(21-4)22-8-7-17-24-12(2)13(3)25-17;/h5-6,9,11H,7-8,10H2,1-4H3,(H2,21,22,23);1H. The fourth-order valence-electron chi connectivity index (χ4n) is 2.34. The molecular weight excluding hydrogens is 469 g/mol. The van der Waals surface area contributed by atoms with E-state index in [1.54, 1.807) is 24.5 Å². The van der Waals surface area contributed by atoms with Crippen molar-refractivity contribution < 1.29 is 8.78 Å². The molecule has 1 heterocycles. The molecule has 8 heteroatoms. The quantitative estimate of drug-likeness (QED) is 0.360. The third-order valence-electron chi connectivity index (χ3n) is 4.02. The zero-order valence-electron chi connectivity index (χ0n) is 15.4. The molecule has 1 aromatic carbocycles. The van der Waals surface area contributed by atoms with Crippen molar-refractivity contribution in [3.05, 3.63) is 51.0 Å². The Balaban J connectivity index is 0.00000338. The van der Waals surface area contributed by atoms with Gasteiger partial charge in [0.25, 0.3) is 0 Å². The van der Waals surface area contributed by atoms with Crippen LogP contribution in [0, 0.1) is 25.5 Å². The molecule has 0 fully saturated rings. The number of hydrogen-bond donors (Lipinski definition) is 2. The highest BCUT2D eigenvalue weighted by atomic mass is 127. The van der Waals surface area contributed by atoms with E-state index in [-0.39, 0.29) is 29.9 Å². The summed E-state index contributed by atoms with van der Waals surface area (Å²) < 4.78 is 26.3. The van der Waals surface area contributed by atoms with Gasteiger partial charge in [-0.25, -0.2) is 13.8 Å². The van der Waals surface area contributed by atoms with E-state index in [4.69, 9.17) is 0 Å². The van der Waals surface area contributed by atoms with E-state index in [1.807, 2.05) is 13.8 Å². The Hall–Kier alpha value is -1.29. The molecule has 0 aliphatic carbocycles. The lowest BCUT2D eigenvalue weighted by Gasteiger charge is -2.16. The van der Waals surface area contributed by atoms with Crippen molar-refractivity contribution in [3.8, 4) is 0 Å². The van der Waals surface area contributed by atoms with Gasteiger partial charge in [-0.05, 0) is 37.5 Å². The predicted octanol–water partition coefficient (Wildman–Crippen LogP) is 4.17. The lowest BCUT2D eigenvalue weighted by molar-refractivity contribution is 0.505. The predicted molar refractivity (Wildman–Crippen MR) is 115 cm³/mol. The van der Waals surface area contributed by atoms with Crippen molar-refractivity contribution in [2.75, 3.05) is 20.1 Å². The first-order valence-corrected chi connectivity index (χ1v) is 9.04. The minimum Gasteiger partial charge on any atom is -0.356 e. The van der Waals surface area contributed by atoms with Crippen LogP contribution in [-0.2, 0) is 6.42 Å². The van der Waals surface area contributed by atoms with Gasteiger partial charge < -0.3 is 10.6 Å². The van der Waals surface area contributed by atoms with Crippen LogP contribution in [0.3, 0.4) is 0 Å². The molecule has 0 bridgehead atoms. The summed E-state index contributed by atoms with van der Waals surface area (Å²) in [6.07, 6.45) is 0.832. The summed E-state index contributed by atoms with van der Waals surface area (Å²) in [4.78, 5) is 9.94. The minimum atomic E-state index is -0.825. The van der Waals surface area contributed by atoms with Crippen molar-refractivity contribution in [2.45, 2.75) is 33.1 Å². The SMILES string of the molecule is CN=C(NCCc1nc(C)c(C)s1)NCC(C)c1ccc(F)c(F)c1.I. The van der Waals surface area contributed by atoms with Gasteiger partial charge in [-0.1, -0.05) is 13.0 Å². The number of benzene rings is 1. The first-order chi connectivity index (χ1) is 11.9. The topological polar surface area (TPSA) is 49.3 Å². The van der Waals surface area contributed by atoms with E-state index in [9.17, 15) is 8.78 Å². The van der Waals surface area contributed by atoms with Crippen LogP contribution in [0.5, 0.6) is 0 Å². The molecule has 26 heavy (non-hydrogen) atoms. The molecule has 0 saturated heterocycles. The monoisotopic (exact) mass is 494 g/mol. The van der Waals surface area contributed by atoms with Gasteiger partial charge in [0.15, 0.2) is 17.6 Å². The molecule has 0 saturated carbocycles. The molecule has 144 valence electrons. The van der Waals surface area contributed by atoms with Crippen LogP contribution in [-0.4, -0.2) is 31.1 Å². The molecule has 1 aromatic heterocycles. The first-order valence-electron chi connectivity index (χ1n) is 8.23. The highest BCUT2D eigenvalue weighted by Crippen LogP contribution is 2.18. The number of nitrogens with zero attached hydrogens (tertiary/aromatic N) is 2. The Morgan fingerprint density at radius 1 is 1.23 bits per heavy atom. The third kappa shape index (κ3) is 6.46. The van der Waals surface area contributed by atoms with Crippen LogP contribution in [0.2, 0.25) is 0 Å². The number of aryl methyl sites for hydroxylation is 2. The number of guanidine groups is 1. The molecular formula is C18H25F2IN4S. The highest BCUT2D eigenvalue weighted by molar-refractivity contribution is 14.0. The Labute approximate surface area is 174 Å². The van der Waals surface area contributed by atoms with E-state index in [1.165, 1.54) is 10.9 Å². The largest absolute Gasteiger partial charge is 0.356 e. The van der Waals surface area contributed by atoms with E-state index in [2.05, 4.69) is 27.5 Å². The summed E-state index contributed by atoms with van der Waals surface area (Å²) in [6, 6.07) is 4.01. The fraction of sp³-hybridized carbons (Fsp3) is 0.444. The molecule has 0 aliphatic rings. The molecule has 0 radical (unpaired) electrons. The Morgan fingerprint density at radius 3 is 2.54 bits per heavy atom. The Bertz CT molecular complexity index is 729. The molecule has 0 aliphatic heterocycles. The first kappa shape index (κ1) is 22.8. The zero-order chi connectivity index (χ0) is 18.4. The van der Waals surface area contributed by atoms with Crippen LogP contribution in [0.4, 0.5) is 8.78 Å².